The monoisotopic (exact) mass is 415 g/mol. The Balaban J connectivity index is 2.17. The van der Waals surface area contributed by atoms with Crippen LogP contribution in [0.1, 0.15) is 92.4 Å². The van der Waals surface area contributed by atoms with Crippen LogP contribution < -0.4 is 0 Å². The lowest BCUT2D eigenvalue weighted by Crippen LogP contribution is -2.22. The normalized spacial score (nSPS) is 16.3. The van der Waals surface area contributed by atoms with Crippen molar-refractivity contribution >= 4 is 0 Å². The predicted octanol–water partition coefficient (Wildman–Crippen LogP) is 6.43. The lowest BCUT2D eigenvalue weighted by Gasteiger charge is -2.36. The van der Waals surface area contributed by atoms with E-state index in [1.54, 1.807) is 0 Å². The fourth-order valence-corrected chi connectivity index (χ4v) is 5.43. The molecule has 156 valence electrons. The molecule has 2 unspecified atom stereocenters. The van der Waals surface area contributed by atoms with Crippen LogP contribution in [0.4, 0.5) is 0 Å². The van der Waals surface area contributed by atoms with Crippen molar-refractivity contribution in [3.63, 3.8) is 0 Å². The van der Waals surface area contributed by atoms with Crippen molar-refractivity contribution in [1.82, 2.24) is 0 Å². The zero-order valence-corrected chi connectivity index (χ0v) is 19.2. The molecule has 0 fully saturated rings. The van der Waals surface area contributed by atoms with E-state index in [9.17, 15) is 15.8 Å². The van der Waals surface area contributed by atoms with E-state index in [-0.39, 0.29) is 11.8 Å². The van der Waals surface area contributed by atoms with Crippen molar-refractivity contribution in [2.24, 2.45) is 0 Å². The largest absolute Gasteiger partial charge is 0.192 e. The molecule has 1 aliphatic carbocycles. The first-order chi connectivity index (χ1) is 15.4. The number of fused-ring (bicyclic) bond motifs is 2. The van der Waals surface area contributed by atoms with E-state index >= 15 is 0 Å². The minimum Gasteiger partial charge on any atom is -0.192 e. The van der Waals surface area contributed by atoms with Crippen LogP contribution in [0.5, 0.6) is 0 Å². The van der Waals surface area contributed by atoms with Gasteiger partial charge in [0.05, 0.1) is 34.9 Å². The molecular formula is C29H25N3. The Hall–Kier alpha value is -3.87. The highest BCUT2D eigenvalue weighted by molar-refractivity contribution is 5.68. The van der Waals surface area contributed by atoms with Gasteiger partial charge in [-0.15, -0.1) is 0 Å². The van der Waals surface area contributed by atoms with Crippen molar-refractivity contribution in [1.29, 1.82) is 15.8 Å². The van der Waals surface area contributed by atoms with Crippen molar-refractivity contribution in [3.05, 3.63) is 103 Å². The molecule has 0 saturated carbocycles. The summed E-state index contributed by atoms with van der Waals surface area (Å²) in [6, 6.07) is 19.7. The van der Waals surface area contributed by atoms with E-state index in [1.807, 2.05) is 32.9 Å². The van der Waals surface area contributed by atoms with Gasteiger partial charge >= 0.3 is 0 Å². The molecule has 0 bridgehead atoms. The molecule has 3 aromatic rings. The van der Waals surface area contributed by atoms with Gasteiger partial charge in [-0.25, -0.2) is 0 Å². The summed E-state index contributed by atoms with van der Waals surface area (Å²) in [5.74, 6) is -0.192. The number of hydrogen-bond acceptors (Lipinski definition) is 3. The second-order valence-corrected chi connectivity index (χ2v) is 8.68. The lowest BCUT2D eigenvalue weighted by molar-refractivity contribution is 0.779. The highest BCUT2D eigenvalue weighted by Gasteiger charge is 2.36. The van der Waals surface area contributed by atoms with Gasteiger partial charge in [-0.2, -0.15) is 15.8 Å². The van der Waals surface area contributed by atoms with Crippen LogP contribution in [0.2, 0.25) is 0 Å². The number of hydrogen-bond donors (Lipinski definition) is 0. The van der Waals surface area contributed by atoms with Crippen LogP contribution in [-0.4, -0.2) is 0 Å². The van der Waals surface area contributed by atoms with Gasteiger partial charge < -0.3 is 0 Å². The minimum absolute atomic E-state index is 0.0619. The molecule has 1 aliphatic rings. The molecule has 3 heteroatoms. The first-order valence-corrected chi connectivity index (χ1v) is 11.0. The summed E-state index contributed by atoms with van der Waals surface area (Å²) in [6.07, 6.45) is 0.779. The van der Waals surface area contributed by atoms with Crippen LogP contribution in [0.25, 0.3) is 0 Å². The van der Waals surface area contributed by atoms with Crippen LogP contribution in [0.3, 0.4) is 0 Å². The Bertz CT molecular complexity index is 1390. The van der Waals surface area contributed by atoms with Crippen LogP contribution in [-0.2, 0) is 6.42 Å². The second-order valence-electron chi connectivity index (χ2n) is 8.68. The van der Waals surface area contributed by atoms with Crippen LogP contribution in [0.15, 0.2) is 36.4 Å². The maximum absolute atomic E-state index is 10.1. The van der Waals surface area contributed by atoms with Crippen LogP contribution in [0, 0.1) is 54.8 Å². The van der Waals surface area contributed by atoms with Gasteiger partial charge in [-0.05, 0) is 77.3 Å². The maximum Gasteiger partial charge on any atom is 0.0997 e. The number of rotatable bonds is 2. The number of benzene rings is 3. The molecule has 4 rings (SSSR count). The van der Waals surface area contributed by atoms with E-state index in [1.165, 1.54) is 0 Å². The third-order valence-electron chi connectivity index (χ3n) is 7.08. The van der Waals surface area contributed by atoms with Gasteiger partial charge in [-0.3, -0.25) is 0 Å². The fourth-order valence-electron chi connectivity index (χ4n) is 5.43. The van der Waals surface area contributed by atoms with E-state index in [2.05, 4.69) is 56.3 Å². The first-order valence-electron chi connectivity index (χ1n) is 11.0. The summed E-state index contributed by atoms with van der Waals surface area (Å²) in [7, 11) is 0. The quantitative estimate of drug-likeness (QED) is 0.484. The smallest absolute Gasteiger partial charge is 0.0997 e. The van der Waals surface area contributed by atoms with Crippen molar-refractivity contribution < 1.29 is 0 Å². The van der Waals surface area contributed by atoms with E-state index in [0.29, 0.717) is 11.1 Å². The van der Waals surface area contributed by atoms with Crippen molar-refractivity contribution in [3.8, 4) is 18.2 Å². The van der Waals surface area contributed by atoms with Gasteiger partial charge in [0.15, 0.2) is 0 Å². The number of nitrogens with zero attached hydrogens (tertiary/aromatic N) is 3. The van der Waals surface area contributed by atoms with Gasteiger partial charge in [-0.1, -0.05) is 50.2 Å². The Labute approximate surface area is 190 Å². The topological polar surface area (TPSA) is 71.4 Å². The Morgan fingerprint density at radius 2 is 1.19 bits per heavy atom. The Morgan fingerprint density at radius 3 is 1.75 bits per heavy atom. The number of aryl methyl sites for hydroxylation is 3. The van der Waals surface area contributed by atoms with Crippen molar-refractivity contribution in [2.75, 3.05) is 0 Å². The highest BCUT2D eigenvalue weighted by atomic mass is 14.4. The summed E-state index contributed by atoms with van der Waals surface area (Å²) in [6.45, 7) is 10.1. The molecule has 3 aromatic carbocycles. The average molecular weight is 416 g/mol. The molecule has 0 radical (unpaired) electrons. The van der Waals surface area contributed by atoms with Crippen LogP contribution >= 0.6 is 0 Å². The standard InChI is InChI=1S/C29H25N3/c1-6-20-9-12-23-28(26(20)15-32)19(5)27-22(11-8-17(3)25(27)14-31)29(23)21-10-7-16(2)24(13-30)18(21)4/h7-12,19,29H,6H2,1-5H3. The summed E-state index contributed by atoms with van der Waals surface area (Å²) >= 11 is 0. The van der Waals surface area contributed by atoms with Crippen molar-refractivity contribution in [2.45, 2.75) is 52.9 Å². The zero-order valence-electron chi connectivity index (χ0n) is 19.2. The number of nitriles is 3. The molecule has 0 saturated heterocycles. The molecule has 0 amide bonds. The Morgan fingerprint density at radius 1 is 0.688 bits per heavy atom. The van der Waals surface area contributed by atoms with E-state index < -0.39 is 0 Å². The fraction of sp³-hybridized carbons (Fsp3) is 0.276. The predicted molar refractivity (Wildman–Crippen MR) is 126 cm³/mol. The minimum atomic E-state index is -0.130. The molecule has 0 aliphatic heterocycles. The third-order valence-corrected chi connectivity index (χ3v) is 7.08. The molecule has 0 spiro atoms. The maximum atomic E-state index is 10.1. The van der Waals surface area contributed by atoms with Gasteiger partial charge in [0.2, 0.25) is 0 Å². The average Bonchev–Trinajstić information content (AvgIpc) is 2.79. The third kappa shape index (κ3) is 2.92. The Kier molecular flexibility index (Phi) is 5.34. The van der Waals surface area contributed by atoms with E-state index in [4.69, 9.17) is 0 Å². The molecule has 0 heterocycles. The molecule has 2 atom stereocenters. The van der Waals surface area contributed by atoms with Gasteiger partial charge in [0, 0.05) is 11.8 Å². The summed E-state index contributed by atoms with van der Waals surface area (Å²) in [5.41, 5.74) is 11.3. The second kappa shape index (κ2) is 8.00. The molecule has 0 aromatic heterocycles. The molecular weight excluding hydrogens is 390 g/mol. The summed E-state index contributed by atoms with van der Waals surface area (Å²) in [4.78, 5) is 0. The molecule has 3 nitrogen and oxygen atoms in total. The first kappa shape index (κ1) is 21.4. The van der Waals surface area contributed by atoms with Gasteiger partial charge in [0.1, 0.15) is 0 Å². The highest BCUT2D eigenvalue weighted by Crippen LogP contribution is 2.50. The summed E-state index contributed by atoms with van der Waals surface area (Å²) < 4.78 is 0. The van der Waals surface area contributed by atoms with E-state index in [0.717, 1.165) is 62.1 Å². The SMILES string of the molecule is CCc1ccc2c(c1C#N)C(C)c1c(ccc(C)c1C#N)C2c1ccc(C)c(C#N)c1C. The molecule has 32 heavy (non-hydrogen) atoms. The van der Waals surface area contributed by atoms with Gasteiger partial charge in [0.25, 0.3) is 0 Å². The summed E-state index contributed by atoms with van der Waals surface area (Å²) in [5, 5.41) is 30.0. The lowest BCUT2D eigenvalue weighted by atomic mass is 9.66. The molecule has 0 N–H and O–H groups in total. The zero-order chi connectivity index (χ0) is 23.2.